The molecule has 1 fully saturated rings. The van der Waals surface area contributed by atoms with Crippen LogP contribution in [0, 0.1) is 0 Å². The van der Waals surface area contributed by atoms with Gasteiger partial charge < -0.3 is 18.7 Å². The van der Waals surface area contributed by atoms with E-state index in [1.807, 2.05) is 66.7 Å². The molecule has 0 aliphatic carbocycles. The fourth-order valence-electron chi connectivity index (χ4n) is 5.06. The number of benzene rings is 3. The summed E-state index contributed by atoms with van der Waals surface area (Å²) in [5.41, 5.74) is 2.21. The van der Waals surface area contributed by atoms with Crippen molar-refractivity contribution in [2.75, 3.05) is 0 Å². The summed E-state index contributed by atoms with van der Waals surface area (Å²) in [6.07, 6.45) is -0.923. The number of hydrogen-bond donors (Lipinski definition) is 0. The first-order valence-electron chi connectivity index (χ1n) is 14.4. The summed E-state index contributed by atoms with van der Waals surface area (Å²) in [6.45, 7) is 10.7. The van der Waals surface area contributed by atoms with E-state index in [0.717, 1.165) is 17.4 Å². The maximum atomic E-state index is 13.9. The number of esters is 1. The molecule has 42 heavy (non-hydrogen) atoms. The van der Waals surface area contributed by atoms with Crippen molar-refractivity contribution in [3.63, 3.8) is 0 Å². The molecule has 1 amide bonds. The van der Waals surface area contributed by atoms with Crippen LogP contribution in [0.5, 0.6) is 0 Å². The zero-order chi connectivity index (χ0) is 30.3. The van der Waals surface area contributed by atoms with Gasteiger partial charge in [-0.2, -0.15) is 0 Å². The van der Waals surface area contributed by atoms with Gasteiger partial charge in [-0.1, -0.05) is 99.6 Å². The Labute approximate surface area is 249 Å². The molecular weight excluding hydrogens is 546 g/mol. The molecule has 0 unspecified atom stereocenters. The molecule has 8 heteroatoms. The monoisotopic (exact) mass is 587 g/mol. The van der Waals surface area contributed by atoms with Crippen molar-refractivity contribution in [1.82, 2.24) is 4.90 Å². The van der Waals surface area contributed by atoms with Crippen LogP contribution in [0.25, 0.3) is 0 Å². The fraction of sp³-hybridized carbons (Fsp3) is 0.382. The molecule has 3 aromatic rings. The first kappa shape index (κ1) is 31.2. The SMILES string of the molecule is CC(C)(C)[Si](C)(C)O[C@H]1[C@H](OC(=O)c2ccccc2)[C@H](Cc2ccccc2)N(C(=O)OCc2ccccc2)[C@@H]1CC=O. The summed E-state index contributed by atoms with van der Waals surface area (Å²) >= 11 is 0. The van der Waals surface area contributed by atoms with Gasteiger partial charge in [0.2, 0.25) is 0 Å². The van der Waals surface area contributed by atoms with Crippen LogP contribution in [-0.2, 0) is 31.7 Å². The second-order valence-electron chi connectivity index (χ2n) is 12.3. The zero-order valence-corrected chi connectivity index (χ0v) is 26.1. The van der Waals surface area contributed by atoms with Crippen LogP contribution in [0.3, 0.4) is 0 Å². The van der Waals surface area contributed by atoms with Gasteiger partial charge in [-0.3, -0.25) is 4.90 Å². The minimum absolute atomic E-state index is 0.0183. The number of rotatable bonds is 10. The molecule has 0 spiro atoms. The van der Waals surface area contributed by atoms with Crippen molar-refractivity contribution in [1.29, 1.82) is 0 Å². The Morgan fingerprint density at radius 3 is 1.90 bits per heavy atom. The van der Waals surface area contributed by atoms with Gasteiger partial charge in [0.05, 0.1) is 17.6 Å². The van der Waals surface area contributed by atoms with Crippen molar-refractivity contribution in [2.45, 2.75) is 82.6 Å². The van der Waals surface area contributed by atoms with Crippen molar-refractivity contribution >= 4 is 26.7 Å². The number of aldehydes is 1. The first-order chi connectivity index (χ1) is 20.0. The zero-order valence-electron chi connectivity index (χ0n) is 25.1. The van der Waals surface area contributed by atoms with Gasteiger partial charge in [0, 0.05) is 6.42 Å². The molecule has 0 N–H and O–H groups in total. The summed E-state index contributed by atoms with van der Waals surface area (Å²) in [5, 5.41) is -0.164. The van der Waals surface area contributed by atoms with E-state index >= 15 is 0 Å². The lowest BCUT2D eigenvalue weighted by Crippen LogP contribution is -2.51. The topological polar surface area (TPSA) is 82.1 Å². The first-order valence-corrected chi connectivity index (χ1v) is 17.3. The highest BCUT2D eigenvalue weighted by Gasteiger charge is 2.56. The van der Waals surface area contributed by atoms with Gasteiger partial charge in [-0.25, -0.2) is 9.59 Å². The minimum atomic E-state index is -2.46. The Balaban J connectivity index is 1.77. The van der Waals surface area contributed by atoms with Crippen LogP contribution in [-0.4, -0.2) is 55.9 Å². The molecule has 4 rings (SSSR count). The summed E-state index contributed by atoms with van der Waals surface area (Å²) in [6, 6.07) is 26.6. The van der Waals surface area contributed by atoms with Crippen molar-refractivity contribution in [3.8, 4) is 0 Å². The molecule has 0 saturated carbocycles. The number of carbonyl (C=O) groups is 3. The number of likely N-dealkylation sites (tertiary alicyclic amines) is 1. The summed E-state index contributed by atoms with van der Waals surface area (Å²) < 4.78 is 19.0. The molecular formula is C34H41NO6Si. The number of nitrogens with zero attached hydrogens (tertiary/aromatic N) is 1. The third-order valence-corrected chi connectivity index (χ3v) is 12.8. The number of amides is 1. The predicted molar refractivity (Wildman–Crippen MR) is 165 cm³/mol. The normalized spacial score (nSPS) is 20.6. The van der Waals surface area contributed by atoms with Gasteiger partial charge in [0.25, 0.3) is 0 Å². The van der Waals surface area contributed by atoms with E-state index in [2.05, 4.69) is 33.9 Å². The van der Waals surface area contributed by atoms with Crippen LogP contribution in [0.4, 0.5) is 4.79 Å². The summed E-state index contributed by atoms with van der Waals surface area (Å²) in [5.74, 6) is -0.508. The molecule has 1 aliphatic heterocycles. The maximum absolute atomic E-state index is 13.9. The van der Waals surface area contributed by atoms with Crippen molar-refractivity contribution in [2.24, 2.45) is 0 Å². The van der Waals surface area contributed by atoms with Gasteiger partial charge in [0.15, 0.2) is 8.32 Å². The van der Waals surface area contributed by atoms with Crippen LogP contribution < -0.4 is 0 Å². The smallest absolute Gasteiger partial charge is 0.410 e. The highest BCUT2D eigenvalue weighted by atomic mass is 28.4. The van der Waals surface area contributed by atoms with E-state index in [9.17, 15) is 14.4 Å². The molecule has 1 heterocycles. The Hall–Kier alpha value is -3.75. The second kappa shape index (κ2) is 13.5. The van der Waals surface area contributed by atoms with Crippen LogP contribution in [0.2, 0.25) is 18.1 Å². The lowest BCUT2D eigenvalue weighted by Gasteiger charge is -2.40. The Kier molecular flexibility index (Phi) is 10.0. The number of ether oxygens (including phenoxy) is 2. The minimum Gasteiger partial charge on any atom is -0.454 e. The van der Waals surface area contributed by atoms with Crippen molar-refractivity contribution < 1.29 is 28.3 Å². The fourth-order valence-corrected chi connectivity index (χ4v) is 6.38. The Morgan fingerprint density at radius 1 is 0.810 bits per heavy atom. The molecule has 0 radical (unpaired) electrons. The Bertz CT molecular complexity index is 1330. The van der Waals surface area contributed by atoms with E-state index in [4.69, 9.17) is 13.9 Å². The van der Waals surface area contributed by atoms with E-state index in [1.54, 1.807) is 29.2 Å². The number of carbonyl (C=O) groups excluding carboxylic acids is 3. The third kappa shape index (κ3) is 7.35. The molecule has 3 aromatic carbocycles. The molecule has 4 atom stereocenters. The average molecular weight is 588 g/mol. The standard InChI is InChI=1S/C34H41NO6Si/c1-34(2,3)42(4,5)41-31-28(21-22-36)35(33(38)39-24-26-17-11-7-12-18-26)29(23-25-15-9-6-10-16-25)30(31)40-32(37)27-19-13-8-14-20-27/h6-20,22,28-31H,21,23-24H2,1-5H3/t28-,29+,30-,31-/m1/s1. The van der Waals surface area contributed by atoms with E-state index in [-0.39, 0.29) is 18.1 Å². The third-order valence-electron chi connectivity index (χ3n) is 8.33. The highest BCUT2D eigenvalue weighted by molar-refractivity contribution is 6.74. The predicted octanol–water partition coefficient (Wildman–Crippen LogP) is 6.82. The van der Waals surface area contributed by atoms with Crippen molar-refractivity contribution in [3.05, 3.63) is 108 Å². The average Bonchev–Trinajstić information content (AvgIpc) is 3.23. The van der Waals surface area contributed by atoms with Gasteiger partial charge >= 0.3 is 12.1 Å². The maximum Gasteiger partial charge on any atom is 0.410 e. The largest absolute Gasteiger partial charge is 0.454 e. The summed E-state index contributed by atoms with van der Waals surface area (Å²) in [7, 11) is -2.46. The Morgan fingerprint density at radius 2 is 1.36 bits per heavy atom. The van der Waals surface area contributed by atoms with E-state index in [0.29, 0.717) is 12.0 Å². The molecule has 222 valence electrons. The highest BCUT2D eigenvalue weighted by Crippen LogP contribution is 2.42. The summed E-state index contributed by atoms with van der Waals surface area (Å²) in [4.78, 5) is 41.1. The van der Waals surface area contributed by atoms with E-state index < -0.39 is 44.7 Å². The van der Waals surface area contributed by atoms with Gasteiger partial charge in [-0.15, -0.1) is 0 Å². The molecule has 1 aliphatic rings. The van der Waals surface area contributed by atoms with E-state index in [1.165, 1.54) is 0 Å². The molecule has 0 bridgehead atoms. The molecule has 7 nitrogen and oxygen atoms in total. The molecule has 1 saturated heterocycles. The lowest BCUT2D eigenvalue weighted by molar-refractivity contribution is -0.109. The van der Waals surface area contributed by atoms with Gasteiger partial charge in [-0.05, 0) is 47.8 Å². The number of hydrogen-bond acceptors (Lipinski definition) is 6. The van der Waals surface area contributed by atoms with Gasteiger partial charge in [0.1, 0.15) is 25.1 Å². The lowest BCUT2D eigenvalue weighted by atomic mass is 10.00. The van der Waals surface area contributed by atoms with Crippen LogP contribution in [0.1, 0.15) is 48.7 Å². The second-order valence-corrected chi connectivity index (χ2v) is 17.0. The van der Waals surface area contributed by atoms with Crippen LogP contribution >= 0.6 is 0 Å². The quantitative estimate of drug-likeness (QED) is 0.147. The van der Waals surface area contributed by atoms with Crippen LogP contribution in [0.15, 0.2) is 91.0 Å². The molecule has 0 aromatic heterocycles.